The second-order valence-corrected chi connectivity index (χ2v) is 6.21. The minimum absolute atomic E-state index is 0.240. The first-order valence-corrected chi connectivity index (χ1v) is 8.43. The molecular formula is C22H15N3O2. The predicted octanol–water partition coefficient (Wildman–Crippen LogP) is 4.32. The molecule has 4 rings (SSSR count). The van der Waals surface area contributed by atoms with Gasteiger partial charge in [-0.3, -0.25) is 0 Å². The summed E-state index contributed by atoms with van der Waals surface area (Å²) in [7, 11) is 0. The Morgan fingerprint density at radius 1 is 1.04 bits per heavy atom. The van der Waals surface area contributed by atoms with Gasteiger partial charge < -0.3 is 9.67 Å². The van der Waals surface area contributed by atoms with E-state index < -0.39 is 5.97 Å². The lowest BCUT2D eigenvalue weighted by atomic mass is 9.99. The van der Waals surface area contributed by atoms with Crippen molar-refractivity contribution >= 4 is 17.0 Å². The normalized spacial score (nSPS) is 10.6. The molecular weight excluding hydrogens is 338 g/mol. The number of carboxylic acid groups (broad SMARTS) is 1. The van der Waals surface area contributed by atoms with E-state index in [1.165, 1.54) is 0 Å². The summed E-state index contributed by atoms with van der Waals surface area (Å²) in [6.07, 6.45) is 1.66. The summed E-state index contributed by atoms with van der Waals surface area (Å²) >= 11 is 0. The van der Waals surface area contributed by atoms with Crippen LogP contribution in [0.5, 0.6) is 0 Å². The Labute approximate surface area is 155 Å². The van der Waals surface area contributed by atoms with Gasteiger partial charge in [0, 0.05) is 6.54 Å². The van der Waals surface area contributed by atoms with Crippen LogP contribution in [-0.4, -0.2) is 20.6 Å². The first-order chi connectivity index (χ1) is 13.2. The van der Waals surface area contributed by atoms with Gasteiger partial charge in [-0.2, -0.15) is 5.26 Å². The number of benzene rings is 3. The lowest BCUT2D eigenvalue weighted by Crippen LogP contribution is -2.04. The van der Waals surface area contributed by atoms with E-state index in [1.54, 1.807) is 30.6 Å². The fourth-order valence-corrected chi connectivity index (χ4v) is 3.24. The van der Waals surface area contributed by atoms with Gasteiger partial charge in [-0.25, -0.2) is 9.78 Å². The van der Waals surface area contributed by atoms with Gasteiger partial charge in [0.15, 0.2) is 0 Å². The zero-order valence-corrected chi connectivity index (χ0v) is 14.3. The molecule has 0 aliphatic carbocycles. The summed E-state index contributed by atoms with van der Waals surface area (Å²) in [5.74, 6) is -0.967. The highest BCUT2D eigenvalue weighted by atomic mass is 16.4. The highest BCUT2D eigenvalue weighted by Crippen LogP contribution is 2.24. The van der Waals surface area contributed by atoms with Crippen LogP contribution in [0.15, 0.2) is 73.1 Å². The SMILES string of the molecule is N#Cc1ccccc1-c1ccc(Cn2cnc3cccc(C(=O)O)c32)cc1. The molecule has 1 aromatic heterocycles. The van der Waals surface area contributed by atoms with E-state index in [-0.39, 0.29) is 5.56 Å². The number of rotatable bonds is 4. The maximum Gasteiger partial charge on any atom is 0.337 e. The van der Waals surface area contributed by atoms with Crippen molar-refractivity contribution in [3.63, 3.8) is 0 Å². The highest BCUT2D eigenvalue weighted by molar-refractivity contribution is 6.01. The summed E-state index contributed by atoms with van der Waals surface area (Å²) < 4.78 is 1.84. The summed E-state index contributed by atoms with van der Waals surface area (Å²) in [6, 6.07) is 22.7. The zero-order valence-electron chi connectivity index (χ0n) is 14.3. The van der Waals surface area contributed by atoms with Gasteiger partial charge in [-0.1, -0.05) is 48.5 Å². The molecule has 1 heterocycles. The van der Waals surface area contributed by atoms with Gasteiger partial charge >= 0.3 is 5.97 Å². The second kappa shape index (κ2) is 6.77. The fourth-order valence-electron chi connectivity index (χ4n) is 3.24. The Kier molecular flexibility index (Phi) is 4.15. The number of nitrogens with zero attached hydrogens (tertiary/aromatic N) is 3. The summed E-state index contributed by atoms with van der Waals surface area (Å²) in [5, 5.41) is 18.7. The Balaban J connectivity index is 1.68. The van der Waals surface area contributed by atoms with Crippen molar-refractivity contribution in [3.8, 4) is 17.2 Å². The van der Waals surface area contributed by atoms with E-state index in [0.717, 1.165) is 16.7 Å². The van der Waals surface area contributed by atoms with Crippen LogP contribution in [0.3, 0.4) is 0 Å². The van der Waals surface area contributed by atoms with E-state index in [0.29, 0.717) is 23.1 Å². The number of hydrogen-bond acceptors (Lipinski definition) is 3. The van der Waals surface area contributed by atoms with Crippen LogP contribution in [0.25, 0.3) is 22.2 Å². The first-order valence-electron chi connectivity index (χ1n) is 8.43. The van der Waals surface area contributed by atoms with Crippen LogP contribution in [0, 0.1) is 11.3 Å². The number of fused-ring (bicyclic) bond motifs is 1. The number of aromatic nitrogens is 2. The van der Waals surface area contributed by atoms with Crippen molar-refractivity contribution in [1.29, 1.82) is 5.26 Å². The summed E-state index contributed by atoms with van der Waals surface area (Å²) in [4.78, 5) is 15.8. The first kappa shape index (κ1) is 16.6. The molecule has 0 saturated carbocycles. The van der Waals surface area contributed by atoms with Crippen molar-refractivity contribution in [1.82, 2.24) is 9.55 Å². The van der Waals surface area contributed by atoms with Crippen LogP contribution in [0.4, 0.5) is 0 Å². The molecule has 0 saturated heterocycles. The predicted molar refractivity (Wildman–Crippen MR) is 102 cm³/mol. The maximum atomic E-state index is 11.5. The smallest absolute Gasteiger partial charge is 0.337 e. The number of hydrogen-bond donors (Lipinski definition) is 1. The number of carboxylic acids is 1. The molecule has 0 fully saturated rings. The van der Waals surface area contributed by atoms with Crippen molar-refractivity contribution in [2.24, 2.45) is 0 Å². The third-order valence-corrected chi connectivity index (χ3v) is 4.53. The highest BCUT2D eigenvalue weighted by Gasteiger charge is 2.13. The standard InChI is InChI=1S/C22H15N3O2/c23-12-17-4-1-2-5-18(17)16-10-8-15(9-11-16)13-25-14-24-20-7-3-6-19(21(20)25)22(26)27/h1-11,14H,13H2,(H,26,27). The molecule has 0 unspecified atom stereocenters. The van der Waals surface area contributed by atoms with Gasteiger partial charge in [-0.15, -0.1) is 0 Å². The van der Waals surface area contributed by atoms with Gasteiger partial charge in [0.2, 0.25) is 0 Å². The number of carbonyl (C=O) groups is 1. The van der Waals surface area contributed by atoms with E-state index in [9.17, 15) is 15.2 Å². The molecule has 0 radical (unpaired) electrons. The van der Waals surface area contributed by atoms with E-state index >= 15 is 0 Å². The number of nitriles is 1. The minimum atomic E-state index is -0.967. The van der Waals surface area contributed by atoms with Crippen LogP contribution in [0.2, 0.25) is 0 Å². The van der Waals surface area contributed by atoms with Gasteiger partial charge in [0.1, 0.15) is 0 Å². The molecule has 0 amide bonds. The Morgan fingerprint density at radius 2 is 1.81 bits per heavy atom. The molecule has 0 atom stereocenters. The molecule has 130 valence electrons. The lowest BCUT2D eigenvalue weighted by molar-refractivity contribution is 0.0698. The summed E-state index contributed by atoms with van der Waals surface area (Å²) in [6.45, 7) is 0.515. The quantitative estimate of drug-likeness (QED) is 0.592. The fraction of sp³-hybridized carbons (Fsp3) is 0.0455. The van der Waals surface area contributed by atoms with Gasteiger partial charge in [-0.05, 0) is 34.9 Å². The van der Waals surface area contributed by atoms with Crippen molar-refractivity contribution in [2.75, 3.05) is 0 Å². The minimum Gasteiger partial charge on any atom is -0.478 e. The van der Waals surface area contributed by atoms with Crippen LogP contribution < -0.4 is 0 Å². The second-order valence-electron chi connectivity index (χ2n) is 6.21. The average Bonchev–Trinajstić information content (AvgIpc) is 3.11. The van der Waals surface area contributed by atoms with Crippen LogP contribution >= 0.6 is 0 Å². The Hall–Kier alpha value is -3.91. The van der Waals surface area contributed by atoms with E-state index in [1.807, 2.05) is 47.0 Å². The Morgan fingerprint density at radius 3 is 2.56 bits per heavy atom. The molecule has 1 N–H and O–H groups in total. The molecule has 0 aliphatic rings. The van der Waals surface area contributed by atoms with E-state index in [4.69, 9.17) is 0 Å². The summed E-state index contributed by atoms with van der Waals surface area (Å²) in [5.41, 5.74) is 5.04. The van der Waals surface area contributed by atoms with Gasteiger partial charge in [0.25, 0.3) is 0 Å². The largest absolute Gasteiger partial charge is 0.478 e. The molecule has 0 bridgehead atoms. The number of para-hydroxylation sites is 1. The van der Waals surface area contributed by atoms with Crippen molar-refractivity contribution < 1.29 is 9.90 Å². The van der Waals surface area contributed by atoms with Crippen molar-refractivity contribution in [2.45, 2.75) is 6.54 Å². The topological polar surface area (TPSA) is 78.9 Å². The average molecular weight is 353 g/mol. The third-order valence-electron chi connectivity index (χ3n) is 4.53. The molecule has 4 aromatic rings. The molecule has 0 aliphatic heterocycles. The van der Waals surface area contributed by atoms with Crippen LogP contribution in [0.1, 0.15) is 21.5 Å². The monoisotopic (exact) mass is 353 g/mol. The lowest BCUT2D eigenvalue weighted by Gasteiger charge is -2.09. The Bertz CT molecular complexity index is 1180. The molecule has 0 spiro atoms. The molecule has 5 nitrogen and oxygen atoms in total. The third kappa shape index (κ3) is 3.05. The number of aromatic carboxylic acids is 1. The molecule has 3 aromatic carbocycles. The van der Waals surface area contributed by atoms with Crippen molar-refractivity contribution in [3.05, 3.63) is 89.7 Å². The van der Waals surface area contributed by atoms with Crippen LogP contribution in [-0.2, 0) is 6.54 Å². The van der Waals surface area contributed by atoms with Gasteiger partial charge in [0.05, 0.1) is 34.6 Å². The molecule has 5 heteroatoms. The zero-order chi connectivity index (χ0) is 18.8. The number of imidazole rings is 1. The molecule has 27 heavy (non-hydrogen) atoms. The maximum absolute atomic E-state index is 11.5. The van der Waals surface area contributed by atoms with E-state index in [2.05, 4.69) is 11.1 Å².